The van der Waals surface area contributed by atoms with Gasteiger partial charge in [0.15, 0.2) is 0 Å². The number of carbonyl (C=O) groups is 2. The van der Waals surface area contributed by atoms with Crippen LogP contribution in [0.5, 0.6) is 0 Å². The summed E-state index contributed by atoms with van der Waals surface area (Å²) in [6.45, 7) is 0.327. The monoisotopic (exact) mass is 396 g/mol. The Kier molecular flexibility index (Phi) is 5.66. The molecule has 2 amide bonds. The lowest BCUT2D eigenvalue weighted by atomic mass is 10.1. The minimum absolute atomic E-state index is 0.169. The maximum absolute atomic E-state index is 12.9. The molecule has 0 aliphatic carbocycles. The number of aromatic nitrogens is 2. The van der Waals surface area contributed by atoms with Crippen LogP contribution < -0.4 is 10.6 Å². The third-order valence-electron chi connectivity index (χ3n) is 4.65. The molecule has 6 nitrogen and oxygen atoms in total. The first kappa shape index (κ1) is 19.1. The first-order valence-electron chi connectivity index (χ1n) is 9.52. The highest BCUT2D eigenvalue weighted by Gasteiger charge is 2.15. The number of hydrogen-bond acceptors (Lipinski definition) is 3. The largest absolute Gasteiger partial charge is 0.361 e. The second kappa shape index (κ2) is 8.87. The van der Waals surface area contributed by atoms with Crippen molar-refractivity contribution in [1.29, 1.82) is 0 Å². The minimum atomic E-state index is -0.374. The van der Waals surface area contributed by atoms with E-state index >= 15 is 0 Å². The fraction of sp³-hybridized carbons (Fsp3) is 0.0417. The normalized spacial score (nSPS) is 11.3. The van der Waals surface area contributed by atoms with E-state index in [2.05, 4.69) is 20.6 Å². The fourth-order valence-corrected chi connectivity index (χ4v) is 3.09. The lowest BCUT2D eigenvalue weighted by molar-refractivity contribution is -0.117. The summed E-state index contributed by atoms with van der Waals surface area (Å²) < 4.78 is 0. The van der Waals surface area contributed by atoms with Gasteiger partial charge in [0, 0.05) is 47.2 Å². The Hall–Kier alpha value is -4.19. The van der Waals surface area contributed by atoms with Crippen LogP contribution in [0.2, 0.25) is 0 Å². The molecule has 3 N–H and O–H groups in total. The van der Waals surface area contributed by atoms with Crippen LogP contribution in [0.1, 0.15) is 21.5 Å². The molecule has 0 saturated heterocycles. The second-order valence-electron chi connectivity index (χ2n) is 6.71. The summed E-state index contributed by atoms with van der Waals surface area (Å²) in [5, 5.41) is 6.58. The lowest BCUT2D eigenvalue weighted by Crippen LogP contribution is -2.34. The molecular formula is C24H20N4O2. The van der Waals surface area contributed by atoms with Gasteiger partial charge in [0.05, 0.1) is 0 Å². The Morgan fingerprint density at radius 3 is 2.47 bits per heavy atom. The maximum atomic E-state index is 12.9. The van der Waals surface area contributed by atoms with E-state index in [0.717, 1.165) is 22.0 Å². The van der Waals surface area contributed by atoms with Crippen LogP contribution in [-0.2, 0) is 11.3 Å². The summed E-state index contributed by atoms with van der Waals surface area (Å²) in [5.74, 6) is -0.720. The molecule has 0 aliphatic heterocycles. The zero-order valence-corrected chi connectivity index (χ0v) is 16.1. The molecular weight excluding hydrogens is 376 g/mol. The number of para-hydroxylation sites is 1. The predicted octanol–water partition coefficient (Wildman–Crippen LogP) is 3.65. The Morgan fingerprint density at radius 1 is 0.933 bits per heavy atom. The van der Waals surface area contributed by atoms with Crippen molar-refractivity contribution in [1.82, 2.24) is 20.6 Å². The van der Waals surface area contributed by atoms with Gasteiger partial charge in [-0.15, -0.1) is 0 Å². The van der Waals surface area contributed by atoms with Crippen molar-refractivity contribution < 1.29 is 9.59 Å². The van der Waals surface area contributed by atoms with E-state index in [-0.39, 0.29) is 17.5 Å². The van der Waals surface area contributed by atoms with Gasteiger partial charge in [0.25, 0.3) is 11.8 Å². The standard InChI is InChI=1S/C24H20N4O2/c29-23(18-6-2-1-3-7-18)28-22(24(30)27-15-17-10-12-25-13-11-17)14-19-16-26-21-9-5-4-8-20(19)21/h1-14,16,26H,15H2,(H,27,30)(H,28,29). The summed E-state index contributed by atoms with van der Waals surface area (Å²) in [6, 6.07) is 20.2. The van der Waals surface area contributed by atoms with E-state index in [1.165, 1.54) is 0 Å². The van der Waals surface area contributed by atoms with Crippen molar-refractivity contribution in [2.45, 2.75) is 6.54 Å². The number of amides is 2. The minimum Gasteiger partial charge on any atom is -0.361 e. The lowest BCUT2D eigenvalue weighted by Gasteiger charge is -2.11. The van der Waals surface area contributed by atoms with Gasteiger partial charge >= 0.3 is 0 Å². The number of pyridine rings is 1. The SMILES string of the molecule is O=C(NCc1ccncc1)C(=Cc1c[nH]c2ccccc12)NC(=O)c1ccccc1. The highest BCUT2D eigenvalue weighted by Crippen LogP contribution is 2.20. The van der Waals surface area contributed by atoms with Crippen molar-refractivity contribution in [3.8, 4) is 0 Å². The van der Waals surface area contributed by atoms with E-state index in [4.69, 9.17) is 0 Å². The van der Waals surface area contributed by atoms with Gasteiger partial charge in [-0.3, -0.25) is 14.6 Å². The summed E-state index contributed by atoms with van der Waals surface area (Å²) in [4.78, 5) is 32.8. The Labute approximate surface area is 173 Å². The summed E-state index contributed by atoms with van der Waals surface area (Å²) >= 11 is 0. The molecule has 4 aromatic rings. The molecule has 0 aliphatic rings. The molecule has 0 unspecified atom stereocenters. The molecule has 0 saturated carbocycles. The van der Waals surface area contributed by atoms with Gasteiger partial charge in [0.2, 0.25) is 0 Å². The van der Waals surface area contributed by atoms with Crippen molar-refractivity contribution in [3.05, 3.63) is 108 Å². The molecule has 0 radical (unpaired) electrons. The van der Waals surface area contributed by atoms with E-state index in [1.54, 1.807) is 42.7 Å². The Bertz CT molecular complexity index is 1200. The summed E-state index contributed by atoms with van der Waals surface area (Å²) in [6.07, 6.45) is 6.83. The molecule has 0 atom stereocenters. The van der Waals surface area contributed by atoms with Gasteiger partial charge in [-0.25, -0.2) is 0 Å². The number of fused-ring (bicyclic) bond motifs is 1. The number of nitrogens with zero attached hydrogens (tertiary/aromatic N) is 1. The fourth-order valence-electron chi connectivity index (χ4n) is 3.09. The van der Waals surface area contributed by atoms with Crippen LogP contribution in [0.4, 0.5) is 0 Å². The Balaban J connectivity index is 1.61. The summed E-state index contributed by atoms with van der Waals surface area (Å²) in [5.41, 5.74) is 3.33. The zero-order chi connectivity index (χ0) is 20.8. The predicted molar refractivity (Wildman–Crippen MR) is 116 cm³/mol. The topological polar surface area (TPSA) is 86.9 Å². The first-order valence-corrected chi connectivity index (χ1v) is 9.52. The van der Waals surface area contributed by atoms with Crippen molar-refractivity contribution >= 4 is 28.8 Å². The van der Waals surface area contributed by atoms with Crippen molar-refractivity contribution in [3.63, 3.8) is 0 Å². The summed E-state index contributed by atoms with van der Waals surface area (Å²) in [7, 11) is 0. The molecule has 2 heterocycles. The highest BCUT2D eigenvalue weighted by atomic mass is 16.2. The highest BCUT2D eigenvalue weighted by molar-refractivity contribution is 6.06. The van der Waals surface area contributed by atoms with E-state index in [0.29, 0.717) is 12.1 Å². The molecule has 4 rings (SSSR count). The second-order valence-corrected chi connectivity index (χ2v) is 6.71. The number of rotatable bonds is 6. The van der Waals surface area contributed by atoms with Crippen molar-refractivity contribution in [2.24, 2.45) is 0 Å². The van der Waals surface area contributed by atoms with Gasteiger partial charge in [-0.1, -0.05) is 36.4 Å². The number of hydrogen-bond donors (Lipinski definition) is 3. The van der Waals surface area contributed by atoms with Crippen LogP contribution >= 0.6 is 0 Å². The average Bonchev–Trinajstić information content (AvgIpc) is 3.21. The van der Waals surface area contributed by atoms with Gasteiger partial charge < -0.3 is 15.6 Å². The number of benzene rings is 2. The molecule has 30 heavy (non-hydrogen) atoms. The van der Waals surface area contributed by atoms with Gasteiger partial charge in [-0.05, 0) is 42.0 Å². The van der Waals surface area contributed by atoms with Crippen LogP contribution in [0.3, 0.4) is 0 Å². The van der Waals surface area contributed by atoms with Crippen LogP contribution in [0.15, 0.2) is 91.0 Å². The number of H-pyrrole nitrogens is 1. The van der Waals surface area contributed by atoms with E-state index in [9.17, 15) is 9.59 Å². The molecule has 6 heteroatoms. The maximum Gasteiger partial charge on any atom is 0.268 e. The van der Waals surface area contributed by atoms with Crippen molar-refractivity contribution in [2.75, 3.05) is 0 Å². The van der Waals surface area contributed by atoms with Crippen LogP contribution in [0, 0.1) is 0 Å². The third kappa shape index (κ3) is 4.44. The molecule has 2 aromatic carbocycles. The molecule has 0 fully saturated rings. The average molecular weight is 396 g/mol. The molecule has 0 bridgehead atoms. The Morgan fingerprint density at radius 2 is 1.67 bits per heavy atom. The number of nitrogens with one attached hydrogen (secondary N) is 3. The van der Waals surface area contributed by atoms with Gasteiger partial charge in [-0.2, -0.15) is 0 Å². The third-order valence-corrected chi connectivity index (χ3v) is 4.65. The molecule has 0 spiro atoms. The first-order chi connectivity index (χ1) is 14.7. The number of carbonyl (C=O) groups excluding carboxylic acids is 2. The zero-order valence-electron chi connectivity index (χ0n) is 16.1. The van der Waals surface area contributed by atoms with Gasteiger partial charge in [0.1, 0.15) is 5.70 Å². The van der Waals surface area contributed by atoms with E-state index < -0.39 is 0 Å². The van der Waals surface area contributed by atoms with E-state index in [1.807, 2.05) is 48.7 Å². The molecule has 2 aromatic heterocycles. The smallest absolute Gasteiger partial charge is 0.268 e. The van der Waals surface area contributed by atoms with Crippen LogP contribution in [-0.4, -0.2) is 21.8 Å². The number of aromatic amines is 1. The quantitative estimate of drug-likeness (QED) is 0.435. The van der Waals surface area contributed by atoms with Crippen LogP contribution in [0.25, 0.3) is 17.0 Å². The molecule has 148 valence electrons.